The van der Waals surface area contributed by atoms with Crippen LogP contribution in [0.25, 0.3) is 0 Å². The molecule has 2 heterocycles. The Balaban J connectivity index is 2.49. The predicted molar refractivity (Wildman–Crippen MR) is 36.4 cm³/mol. The normalized spacial score (nSPS) is 27.4. The summed E-state index contributed by atoms with van der Waals surface area (Å²) in [6, 6.07) is 0. The van der Waals surface area contributed by atoms with Gasteiger partial charge in [-0.1, -0.05) is 0 Å². The van der Waals surface area contributed by atoms with Crippen molar-refractivity contribution in [2.24, 2.45) is 0 Å². The second kappa shape index (κ2) is 1.94. The zero-order chi connectivity index (χ0) is 8.88. The maximum Gasteiger partial charge on any atom is 0.361 e. The minimum absolute atomic E-state index is 0.176. The molecule has 0 saturated carbocycles. The summed E-state index contributed by atoms with van der Waals surface area (Å²) < 4.78 is 9.35. The number of hydrogen-bond acceptors (Lipinski definition) is 5. The third-order valence-corrected chi connectivity index (χ3v) is 1.82. The smallest absolute Gasteiger partial charge is 0.361 e. The highest BCUT2D eigenvalue weighted by molar-refractivity contribution is 6.40. The van der Waals surface area contributed by atoms with Gasteiger partial charge in [-0.25, -0.2) is 9.59 Å². The van der Waals surface area contributed by atoms with Crippen molar-refractivity contribution in [2.45, 2.75) is 13.0 Å². The Labute approximate surface area is 67.5 Å². The summed E-state index contributed by atoms with van der Waals surface area (Å²) in [6.07, 6.45) is -0.884. The highest BCUT2D eigenvalue weighted by Crippen LogP contribution is 2.29. The van der Waals surface area contributed by atoms with E-state index < -0.39 is 18.0 Å². The topological polar surface area (TPSA) is 76.5 Å². The van der Waals surface area contributed by atoms with E-state index in [0.717, 1.165) is 0 Å². The van der Waals surface area contributed by atoms with E-state index in [9.17, 15) is 9.59 Å². The summed E-state index contributed by atoms with van der Waals surface area (Å²) in [5.41, 5.74) is -0.0363. The van der Waals surface area contributed by atoms with Gasteiger partial charge in [-0.3, -0.25) is 5.41 Å². The van der Waals surface area contributed by atoms with Crippen LogP contribution in [0, 0.1) is 5.41 Å². The Kier molecular flexibility index (Phi) is 1.13. The molecule has 0 aromatic heterocycles. The van der Waals surface area contributed by atoms with Crippen LogP contribution < -0.4 is 0 Å². The van der Waals surface area contributed by atoms with Gasteiger partial charge >= 0.3 is 11.9 Å². The summed E-state index contributed by atoms with van der Waals surface area (Å²) in [5, 5.41) is 7.18. The number of esters is 2. The van der Waals surface area contributed by atoms with Gasteiger partial charge < -0.3 is 9.47 Å². The molecule has 0 aliphatic carbocycles. The number of ether oxygens (including phenoxy) is 2. The fraction of sp³-hybridized carbons (Fsp3) is 0.286. The van der Waals surface area contributed by atoms with Crippen molar-refractivity contribution in [3.8, 4) is 0 Å². The van der Waals surface area contributed by atoms with Gasteiger partial charge in [0.1, 0.15) is 0 Å². The van der Waals surface area contributed by atoms with E-state index in [4.69, 9.17) is 10.1 Å². The lowest BCUT2D eigenvalue weighted by atomic mass is 10.2. The van der Waals surface area contributed by atoms with Crippen LogP contribution in [0.15, 0.2) is 11.3 Å². The molecule has 0 amide bonds. The lowest BCUT2D eigenvalue weighted by molar-refractivity contribution is -0.137. The maximum absolute atomic E-state index is 10.9. The van der Waals surface area contributed by atoms with Crippen molar-refractivity contribution in [3.63, 3.8) is 0 Å². The molecule has 5 heteroatoms. The van der Waals surface area contributed by atoms with E-state index in [1.54, 1.807) is 0 Å². The molecule has 0 bridgehead atoms. The van der Waals surface area contributed by atoms with Crippen molar-refractivity contribution in [2.75, 3.05) is 0 Å². The van der Waals surface area contributed by atoms with Crippen molar-refractivity contribution in [1.82, 2.24) is 0 Å². The number of nitrogens with one attached hydrogen (secondary N) is 1. The first-order valence-electron chi connectivity index (χ1n) is 3.33. The average molecular weight is 167 g/mol. The minimum atomic E-state index is -0.884. The SMILES string of the molecule is CC1=C2OC(=O)C(=N)C2OC1=O. The van der Waals surface area contributed by atoms with Gasteiger partial charge in [-0.2, -0.15) is 0 Å². The zero-order valence-electron chi connectivity index (χ0n) is 6.21. The number of carbonyl (C=O) groups is 2. The van der Waals surface area contributed by atoms with Crippen LogP contribution in [0.4, 0.5) is 0 Å². The second-order valence-corrected chi connectivity index (χ2v) is 2.58. The third-order valence-electron chi connectivity index (χ3n) is 1.82. The van der Waals surface area contributed by atoms with Crippen molar-refractivity contribution >= 4 is 17.7 Å². The summed E-state index contributed by atoms with van der Waals surface area (Å²) in [6.45, 7) is 1.50. The molecule has 0 aromatic rings. The third kappa shape index (κ3) is 0.650. The summed E-state index contributed by atoms with van der Waals surface area (Å²) >= 11 is 0. The highest BCUT2D eigenvalue weighted by Gasteiger charge is 2.46. The van der Waals surface area contributed by atoms with Gasteiger partial charge in [0.2, 0.25) is 6.10 Å². The summed E-state index contributed by atoms with van der Waals surface area (Å²) in [5.74, 6) is -1.08. The van der Waals surface area contributed by atoms with Crippen LogP contribution in [-0.2, 0) is 19.1 Å². The lowest BCUT2D eigenvalue weighted by Gasteiger charge is -1.98. The average Bonchev–Trinajstić information content (AvgIpc) is 2.43. The van der Waals surface area contributed by atoms with Crippen LogP contribution in [-0.4, -0.2) is 23.8 Å². The fourth-order valence-electron chi connectivity index (χ4n) is 1.13. The number of fused-ring (bicyclic) bond motifs is 1. The first-order valence-corrected chi connectivity index (χ1v) is 3.33. The Morgan fingerprint density at radius 1 is 1.33 bits per heavy atom. The lowest BCUT2D eigenvalue weighted by Crippen LogP contribution is -2.21. The van der Waals surface area contributed by atoms with Crippen molar-refractivity contribution in [1.29, 1.82) is 5.41 Å². The predicted octanol–water partition coefficient (Wildman–Crippen LogP) is -0.238. The Morgan fingerprint density at radius 3 is 2.58 bits per heavy atom. The molecule has 62 valence electrons. The molecule has 12 heavy (non-hydrogen) atoms. The Hall–Kier alpha value is -1.65. The largest absolute Gasteiger partial charge is 0.444 e. The van der Waals surface area contributed by atoms with Crippen LogP contribution in [0.3, 0.4) is 0 Å². The van der Waals surface area contributed by atoms with Crippen molar-refractivity contribution < 1.29 is 19.1 Å². The van der Waals surface area contributed by atoms with E-state index in [1.807, 2.05) is 0 Å². The highest BCUT2D eigenvalue weighted by atomic mass is 16.6. The molecule has 1 atom stereocenters. The molecule has 5 nitrogen and oxygen atoms in total. The Bertz CT molecular complexity index is 339. The van der Waals surface area contributed by atoms with Gasteiger partial charge in [0.25, 0.3) is 0 Å². The molecule has 0 radical (unpaired) electrons. The Morgan fingerprint density at radius 2 is 2.00 bits per heavy atom. The molecular weight excluding hydrogens is 162 g/mol. The number of rotatable bonds is 0. The molecular formula is C7H5NO4. The van der Waals surface area contributed by atoms with Crippen molar-refractivity contribution in [3.05, 3.63) is 11.3 Å². The van der Waals surface area contributed by atoms with Crippen LogP contribution in [0.1, 0.15) is 6.92 Å². The summed E-state index contributed by atoms with van der Waals surface area (Å²) in [7, 11) is 0. The number of hydrogen-bond donors (Lipinski definition) is 1. The minimum Gasteiger partial charge on any atom is -0.444 e. The number of carbonyl (C=O) groups excluding carboxylic acids is 2. The molecule has 2 rings (SSSR count). The van der Waals surface area contributed by atoms with E-state index >= 15 is 0 Å². The monoisotopic (exact) mass is 167 g/mol. The molecule has 2 aliphatic heterocycles. The molecule has 0 aromatic carbocycles. The molecule has 2 aliphatic rings. The van der Waals surface area contributed by atoms with Crippen LogP contribution >= 0.6 is 0 Å². The van der Waals surface area contributed by atoms with Crippen LogP contribution in [0.5, 0.6) is 0 Å². The molecule has 0 spiro atoms. The molecule has 1 fully saturated rings. The van der Waals surface area contributed by atoms with E-state index in [2.05, 4.69) is 4.74 Å². The molecule has 1 saturated heterocycles. The van der Waals surface area contributed by atoms with E-state index in [1.165, 1.54) is 6.92 Å². The van der Waals surface area contributed by atoms with E-state index in [0.29, 0.717) is 0 Å². The standard InChI is InChI=1S/C7H5NO4/c1-2-4-5(12-6(2)9)3(8)7(10)11-4/h5,8H,1H3. The first-order chi connectivity index (χ1) is 5.61. The molecule has 1 N–H and O–H groups in total. The van der Waals surface area contributed by atoms with Gasteiger partial charge in [-0.05, 0) is 6.92 Å². The summed E-state index contributed by atoms with van der Waals surface area (Å²) in [4.78, 5) is 21.6. The van der Waals surface area contributed by atoms with Crippen LogP contribution in [0.2, 0.25) is 0 Å². The fourth-order valence-corrected chi connectivity index (χ4v) is 1.13. The molecule has 1 unspecified atom stereocenters. The second-order valence-electron chi connectivity index (χ2n) is 2.58. The van der Waals surface area contributed by atoms with Gasteiger partial charge in [-0.15, -0.1) is 0 Å². The van der Waals surface area contributed by atoms with Gasteiger partial charge in [0.15, 0.2) is 11.5 Å². The van der Waals surface area contributed by atoms with Gasteiger partial charge in [0, 0.05) is 0 Å². The first kappa shape index (κ1) is 7.02. The quantitative estimate of drug-likeness (QED) is 0.505. The zero-order valence-corrected chi connectivity index (χ0v) is 6.21. The van der Waals surface area contributed by atoms with Gasteiger partial charge in [0.05, 0.1) is 5.57 Å². The maximum atomic E-state index is 10.9. The van der Waals surface area contributed by atoms with E-state index in [-0.39, 0.29) is 17.0 Å².